The molecule has 0 bridgehead atoms. The van der Waals surface area contributed by atoms with Gasteiger partial charge in [0, 0.05) is 12.0 Å². The number of hydrogen-bond acceptors (Lipinski definition) is 2. The fraction of sp³-hybridized carbons (Fsp3) is 0.438. The van der Waals surface area contributed by atoms with Gasteiger partial charge in [0.25, 0.3) is 0 Å². The molecule has 0 saturated carbocycles. The van der Waals surface area contributed by atoms with Gasteiger partial charge in [-0.15, -0.1) is 0 Å². The van der Waals surface area contributed by atoms with Crippen LogP contribution in [0, 0.1) is 0 Å². The highest BCUT2D eigenvalue weighted by molar-refractivity contribution is 5.87. The summed E-state index contributed by atoms with van der Waals surface area (Å²) in [6, 6.07) is 0. The van der Waals surface area contributed by atoms with Crippen LogP contribution in [-0.2, 0) is 9.53 Å². The first-order valence-electron chi connectivity index (χ1n) is 6.60. The zero-order valence-corrected chi connectivity index (χ0v) is 11.2. The van der Waals surface area contributed by atoms with E-state index in [1.165, 1.54) is 19.3 Å². The minimum Gasteiger partial charge on any atom is -0.428 e. The summed E-state index contributed by atoms with van der Waals surface area (Å²) in [5.41, 5.74) is 0.436. The quantitative estimate of drug-likeness (QED) is 0.531. The maximum atomic E-state index is 11.5. The fourth-order valence-corrected chi connectivity index (χ4v) is 1.69. The van der Waals surface area contributed by atoms with Gasteiger partial charge >= 0.3 is 5.97 Å². The number of carbonyl (C=O) groups excluding carboxylic acids is 1. The lowest BCUT2D eigenvalue weighted by Gasteiger charge is -2.08. The first-order valence-corrected chi connectivity index (χ1v) is 6.60. The molecule has 0 aromatic carbocycles. The highest BCUT2D eigenvalue weighted by atomic mass is 16.5. The second kappa shape index (κ2) is 8.51. The highest BCUT2D eigenvalue weighted by Crippen LogP contribution is 2.15. The molecule has 0 unspecified atom stereocenters. The van der Waals surface area contributed by atoms with Gasteiger partial charge in [0.05, 0.1) is 0 Å². The van der Waals surface area contributed by atoms with Gasteiger partial charge in [0.2, 0.25) is 0 Å². The molecule has 0 saturated heterocycles. The molecule has 2 heteroatoms. The van der Waals surface area contributed by atoms with Crippen LogP contribution >= 0.6 is 0 Å². The van der Waals surface area contributed by atoms with Crippen molar-refractivity contribution in [3.63, 3.8) is 0 Å². The molecule has 0 aliphatic heterocycles. The van der Waals surface area contributed by atoms with Crippen molar-refractivity contribution in [2.24, 2.45) is 0 Å². The van der Waals surface area contributed by atoms with E-state index >= 15 is 0 Å². The van der Waals surface area contributed by atoms with E-state index in [4.69, 9.17) is 4.74 Å². The summed E-state index contributed by atoms with van der Waals surface area (Å²) < 4.78 is 5.30. The van der Waals surface area contributed by atoms with Gasteiger partial charge in [0.1, 0.15) is 5.76 Å². The molecule has 0 spiro atoms. The van der Waals surface area contributed by atoms with Crippen molar-refractivity contribution in [2.75, 3.05) is 0 Å². The van der Waals surface area contributed by atoms with Crippen LogP contribution in [0.3, 0.4) is 0 Å². The molecule has 0 radical (unpaired) electrons. The Morgan fingerprint density at radius 1 is 1.17 bits per heavy atom. The smallest absolute Gasteiger partial charge is 0.338 e. The lowest BCUT2D eigenvalue weighted by molar-refractivity contribution is -0.135. The Morgan fingerprint density at radius 2 is 1.94 bits per heavy atom. The molecule has 1 aliphatic carbocycles. The Hall–Kier alpha value is -1.57. The maximum absolute atomic E-state index is 11.5. The normalized spacial score (nSPS) is 23.7. The van der Waals surface area contributed by atoms with E-state index in [0.717, 1.165) is 25.0 Å². The minimum atomic E-state index is -0.336. The van der Waals surface area contributed by atoms with Crippen molar-refractivity contribution in [1.29, 1.82) is 0 Å². The van der Waals surface area contributed by atoms with Gasteiger partial charge in [-0.05, 0) is 32.3 Å². The van der Waals surface area contributed by atoms with Crippen molar-refractivity contribution < 1.29 is 9.53 Å². The van der Waals surface area contributed by atoms with E-state index in [1.807, 2.05) is 24.3 Å². The van der Waals surface area contributed by atoms with E-state index in [-0.39, 0.29) is 5.97 Å². The molecule has 1 rings (SSSR count). The van der Waals surface area contributed by atoms with Crippen LogP contribution in [0.2, 0.25) is 0 Å². The Labute approximate surface area is 110 Å². The molecular formula is C16H22O2. The number of hydrogen-bond donors (Lipinski definition) is 0. The van der Waals surface area contributed by atoms with E-state index in [9.17, 15) is 4.79 Å². The number of esters is 1. The average Bonchev–Trinajstić information content (AvgIpc) is 2.32. The molecule has 1 aliphatic rings. The molecule has 2 nitrogen and oxygen atoms in total. The Kier molecular flexibility index (Phi) is 6.85. The predicted molar refractivity (Wildman–Crippen MR) is 75.0 cm³/mol. The van der Waals surface area contributed by atoms with Crippen LogP contribution < -0.4 is 0 Å². The highest BCUT2D eigenvalue weighted by Gasteiger charge is 2.07. The number of rotatable bonds is 2. The molecule has 0 N–H and O–H groups in total. The van der Waals surface area contributed by atoms with Crippen LogP contribution in [0.4, 0.5) is 0 Å². The summed E-state index contributed by atoms with van der Waals surface area (Å²) in [7, 11) is 0. The van der Waals surface area contributed by atoms with Crippen LogP contribution in [0.5, 0.6) is 0 Å². The summed E-state index contributed by atoms with van der Waals surface area (Å²) in [5, 5.41) is 0. The summed E-state index contributed by atoms with van der Waals surface area (Å²) >= 11 is 0. The van der Waals surface area contributed by atoms with Gasteiger partial charge in [-0.2, -0.15) is 0 Å². The molecule has 0 heterocycles. The summed E-state index contributed by atoms with van der Waals surface area (Å²) in [6.07, 6.45) is 16.6. The second-order valence-corrected chi connectivity index (χ2v) is 4.57. The average molecular weight is 246 g/mol. The third-order valence-corrected chi connectivity index (χ3v) is 2.76. The van der Waals surface area contributed by atoms with Gasteiger partial charge in [-0.25, -0.2) is 4.79 Å². The molecule has 0 atom stereocenters. The monoisotopic (exact) mass is 246 g/mol. The number of allylic oxidation sites excluding steroid dienone is 6. The number of ether oxygens (including phenoxy) is 1. The standard InChI is InChI=1S/C16H22O2/c1-14(2)16(17)18-15-12-10-8-6-4-3-5-7-9-11-13-15/h4,6,8,10,12H,1,3,5,7,9,11,13H2,2H3/b6-4-,10-8+,15-12-. The molecule has 98 valence electrons. The van der Waals surface area contributed by atoms with E-state index in [0.29, 0.717) is 5.57 Å². The zero-order chi connectivity index (χ0) is 13.2. The topological polar surface area (TPSA) is 26.3 Å². The fourth-order valence-electron chi connectivity index (χ4n) is 1.69. The SMILES string of the molecule is C=C(C)C(=O)O\C1=C/C=C/C=C\CCCCCC1. The van der Waals surface area contributed by atoms with E-state index in [1.54, 1.807) is 6.92 Å². The largest absolute Gasteiger partial charge is 0.428 e. The third-order valence-electron chi connectivity index (χ3n) is 2.76. The Balaban J connectivity index is 2.64. The minimum absolute atomic E-state index is 0.336. The van der Waals surface area contributed by atoms with Crippen molar-refractivity contribution in [3.8, 4) is 0 Å². The Bertz CT molecular complexity index is 373. The summed E-state index contributed by atoms with van der Waals surface area (Å²) in [4.78, 5) is 11.5. The lowest BCUT2D eigenvalue weighted by atomic mass is 10.1. The third kappa shape index (κ3) is 6.24. The van der Waals surface area contributed by atoms with Gasteiger partial charge in [-0.3, -0.25) is 0 Å². The molecular weight excluding hydrogens is 224 g/mol. The van der Waals surface area contributed by atoms with E-state index in [2.05, 4.69) is 12.7 Å². The van der Waals surface area contributed by atoms with Crippen molar-refractivity contribution >= 4 is 5.97 Å². The van der Waals surface area contributed by atoms with Crippen LogP contribution in [0.25, 0.3) is 0 Å². The Morgan fingerprint density at radius 3 is 2.72 bits per heavy atom. The molecule has 0 amide bonds. The van der Waals surface area contributed by atoms with Gasteiger partial charge in [-0.1, -0.05) is 43.7 Å². The summed E-state index contributed by atoms with van der Waals surface area (Å²) in [5.74, 6) is 0.394. The molecule has 0 fully saturated rings. The molecule has 0 aromatic rings. The lowest BCUT2D eigenvalue weighted by Crippen LogP contribution is -2.05. The zero-order valence-electron chi connectivity index (χ0n) is 11.2. The van der Waals surface area contributed by atoms with Crippen molar-refractivity contribution in [2.45, 2.75) is 45.4 Å². The number of carbonyl (C=O) groups is 1. The maximum Gasteiger partial charge on any atom is 0.338 e. The van der Waals surface area contributed by atoms with Crippen LogP contribution in [0.1, 0.15) is 45.4 Å². The van der Waals surface area contributed by atoms with Crippen LogP contribution in [-0.4, -0.2) is 5.97 Å². The first kappa shape index (κ1) is 14.5. The molecule has 0 aromatic heterocycles. The first-order chi connectivity index (χ1) is 8.70. The predicted octanol–water partition coefficient (Wildman–Crippen LogP) is 4.46. The second-order valence-electron chi connectivity index (χ2n) is 4.57. The van der Waals surface area contributed by atoms with Crippen LogP contribution in [0.15, 0.2) is 48.3 Å². The van der Waals surface area contributed by atoms with Crippen molar-refractivity contribution in [1.82, 2.24) is 0 Å². The summed E-state index contributed by atoms with van der Waals surface area (Å²) in [6.45, 7) is 5.26. The van der Waals surface area contributed by atoms with Gasteiger partial charge < -0.3 is 4.74 Å². The molecule has 18 heavy (non-hydrogen) atoms. The van der Waals surface area contributed by atoms with Crippen molar-refractivity contribution in [3.05, 3.63) is 48.3 Å². The van der Waals surface area contributed by atoms with E-state index < -0.39 is 0 Å². The van der Waals surface area contributed by atoms with Gasteiger partial charge in [0.15, 0.2) is 0 Å².